The minimum atomic E-state index is -0.113. The Morgan fingerprint density at radius 1 is 1.20 bits per heavy atom. The number of hydrogen-bond donors (Lipinski definition) is 1. The van der Waals surface area contributed by atoms with Crippen LogP contribution in [0.5, 0.6) is 0 Å². The first-order valence-electron chi connectivity index (χ1n) is 10.5. The molecule has 1 aliphatic heterocycles. The van der Waals surface area contributed by atoms with Crippen molar-refractivity contribution in [2.24, 2.45) is 5.92 Å². The maximum Gasteiger partial charge on any atom is 0.262 e. The molecule has 3 aromatic rings. The van der Waals surface area contributed by atoms with Crippen LogP contribution in [0.1, 0.15) is 40.5 Å². The smallest absolute Gasteiger partial charge is 0.262 e. The highest BCUT2D eigenvalue weighted by Crippen LogP contribution is 2.28. The number of nitrogens with one attached hydrogen (secondary N) is 1. The molecule has 6 nitrogen and oxygen atoms in total. The van der Waals surface area contributed by atoms with Crippen molar-refractivity contribution >= 4 is 27.5 Å². The van der Waals surface area contributed by atoms with E-state index in [0.717, 1.165) is 37.4 Å². The lowest BCUT2D eigenvalue weighted by molar-refractivity contribution is 0.0952. The van der Waals surface area contributed by atoms with Crippen LogP contribution in [0.4, 0.5) is 0 Å². The van der Waals surface area contributed by atoms with E-state index in [1.807, 2.05) is 17.6 Å². The summed E-state index contributed by atoms with van der Waals surface area (Å²) in [5.41, 5.74) is 2.00. The highest BCUT2D eigenvalue weighted by Gasteiger charge is 2.23. The van der Waals surface area contributed by atoms with Crippen LogP contribution in [0.25, 0.3) is 10.2 Å². The molecule has 1 amide bonds. The maximum atomic E-state index is 13.3. The topological polar surface area (TPSA) is 67.2 Å². The second kappa shape index (κ2) is 8.70. The molecule has 4 rings (SSSR count). The number of aryl methyl sites for hydroxylation is 1. The SMILES string of the molecule is Cc1c(C(=O)NCC(C)C)sc2nc3n(c(=O)c12)CCN(Cc1ccccc1)CC3. The summed E-state index contributed by atoms with van der Waals surface area (Å²) in [5.74, 6) is 1.08. The summed E-state index contributed by atoms with van der Waals surface area (Å²) < 4.78 is 1.81. The van der Waals surface area contributed by atoms with Crippen molar-refractivity contribution in [3.8, 4) is 0 Å². The van der Waals surface area contributed by atoms with Crippen molar-refractivity contribution < 1.29 is 4.79 Å². The van der Waals surface area contributed by atoms with E-state index in [9.17, 15) is 9.59 Å². The zero-order valence-electron chi connectivity index (χ0n) is 17.8. The average molecular weight is 425 g/mol. The Morgan fingerprint density at radius 3 is 2.70 bits per heavy atom. The molecule has 3 heterocycles. The Balaban J connectivity index is 1.60. The summed E-state index contributed by atoms with van der Waals surface area (Å²) in [6.45, 7) is 9.75. The van der Waals surface area contributed by atoms with Gasteiger partial charge in [0.15, 0.2) is 0 Å². The number of carbonyl (C=O) groups is 1. The van der Waals surface area contributed by atoms with Gasteiger partial charge in [0.25, 0.3) is 11.5 Å². The van der Waals surface area contributed by atoms with Crippen LogP contribution in [0, 0.1) is 12.8 Å². The van der Waals surface area contributed by atoms with Gasteiger partial charge in [-0.3, -0.25) is 19.1 Å². The van der Waals surface area contributed by atoms with Crippen LogP contribution in [-0.2, 0) is 19.5 Å². The van der Waals surface area contributed by atoms with Crippen molar-refractivity contribution in [3.05, 3.63) is 62.5 Å². The number of rotatable bonds is 5. The molecule has 158 valence electrons. The molecular weight excluding hydrogens is 396 g/mol. The van der Waals surface area contributed by atoms with Gasteiger partial charge in [-0.05, 0) is 24.0 Å². The van der Waals surface area contributed by atoms with Gasteiger partial charge in [0.2, 0.25) is 0 Å². The number of amides is 1. The highest BCUT2D eigenvalue weighted by atomic mass is 32.1. The molecule has 1 aromatic carbocycles. The molecule has 0 bridgehead atoms. The van der Waals surface area contributed by atoms with E-state index in [-0.39, 0.29) is 11.5 Å². The first kappa shape index (κ1) is 20.8. The quantitative estimate of drug-likeness (QED) is 0.683. The van der Waals surface area contributed by atoms with E-state index in [2.05, 4.69) is 48.3 Å². The summed E-state index contributed by atoms with van der Waals surface area (Å²) in [6.07, 6.45) is 0.726. The van der Waals surface area contributed by atoms with Crippen molar-refractivity contribution in [2.45, 2.75) is 40.3 Å². The standard InChI is InChI=1S/C23H28N4O2S/c1-15(2)13-24-21(28)20-16(3)19-22(30-20)25-18-9-10-26(11-12-27(18)23(19)29)14-17-7-5-4-6-8-17/h4-8,15H,9-14H2,1-3H3,(H,24,28). The third-order valence-corrected chi connectivity index (χ3v) is 6.73. The molecule has 0 unspecified atom stereocenters. The van der Waals surface area contributed by atoms with Gasteiger partial charge in [0.1, 0.15) is 10.7 Å². The fourth-order valence-corrected chi connectivity index (χ4v) is 4.99. The molecule has 2 aromatic heterocycles. The normalized spacial score (nSPS) is 14.7. The molecule has 0 atom stereocenters. The first-order valence-corrected chi connectivity index (χ1v) is 11.3. The molecule has 0 saturated heterocycles. The van der Waals surface area contributed by atoms with Gasteiger partial charge in [-0.1, -0.05) is 44.2 Å². The molecule has 30 heavy (non-hydrogen) atoms. The highest BCUT2D eigenvalue weighted by molar-refractivity contribution is 7.20. The van der Waals surface area contributed by atoms with E-state index >= 15 is 0 Å². The fraction of sp³-hybridized carbons (Fsp3) is 0.435. The van der Waals surface area contributed by atoms with Gasteiger partial charge in [-0.25, -0.2) is 4.98 Å². The van der Waals surface area contributed by atoms with Crippen LogP contribution < -0.4 is 10.9 Å². The molecule has 1 aliphatic rings. The first-order chi connectivity index (χ1) is 14.4. The Bertz CT molecular complexity index is 1120. The second-order valence-electron chi connectivity index (χ2n) is 8.34. The minimum Gasteiger partial charge on any atom is -0.351 e. The summed E-state index contributed by atoms with van der Waals surface area (Å²) in [4.78, 5) is 34.3. The molecule has 0 radical (unpaired) electrons. The van der Waals surface area contributed by atoms with E-state index in [1.165, 1.54) is 16.9 Å². The summed E-state index contributed by atoms with van der Waals surface area (Å²) >= 11 is 1.33. The molecule has 7 heteroatoms. The largest absolute Gasteiger partial charge is 0.351 e. The predicted octanol–water partition coefficient (Wildman–Crippen LogP) is 3.21. The van der Waals surface area contributed by atoms with Crippen LogP contribution in [0.2, 0.25) is 0 Å². The molecule has 0 fully saturated rings. The van der Waals surface area contributed by atoms with E-state index < -0.39 is 0 Å². The number of aromatic nitrogens is 2. The lowest BCUT2D eigenvalue weighted by Gasteiger charge is -2.19. The number of benzene rings is 1. The minimum absolute atomic E-state index is 0.0202. The van der Waals surface area contributed by atoms with Crippen molar-refractivity contribution in [1.82, 2.24) is 19.8 Å². The number of carbonyl (C=O) groups excluding carboxylic acids is 1. The molecule has 1 N–H and O–H groups in total. The van der Waals surface area contributed by atoms with Crippen molar-refractivity contribution in [3.63, 3.8) is 0 Å². The third kappa shape index (κ3) is 4.18. The molecule has 0 spiro atoms. The number of fused-ring (bicyclic) bond motifs is 2. The van der Waals surface area contributed by atoms with Gasteiger partial charge in [0.05, 0.1) is 10.3 Å². The third-order valence-electron chi connectivity index (χ3n) is 5.55. The van der Waals surface area contributed by atoms with Gasteiger partial charge in [-0.2, -0.15) is 0 Å². The van der Waals surface area contributed by atoms with Crippen molar-refractivity contribution in [1.29, 1.82) is 0 Å². The Kier molecular flexibility index (Phi) is 6.01. The summed E-state index contributed by atoms with van der Waals surface area (Å²) in [5, 5.41) is 3.55. The van der Waals surface area contributed by atoms with Gasteiger partial charge in [-0.15, -0.1) is 11.3 Å². The Hall–Kier alpha value is -2.51. The lowest BCUT2D eigenvalue weighted by atomic mass is 10.2. The van der Waals surface area contributed by atoms with Crippen LogP contribution in [0.15, 0.2) is 35.1 Å². The van der Waals surface area contributed by atoms with Crippen molar-refractivity contribution in [2.75, 3.05) is 19.6 Å². The van der Waals surface area contributed by atoms with Gasteiger partial charge in [0, 0.05) is 39.1 Å². The zero-order valence-corrected chi connectivity index (χ0v) is 18.6. The predicted molar refractivity (Wildman–Crippen MR) is 121 cm³/mol. The zero-order chi connectivity index (χ0) is 21.3. The fourth-order valence-electron chi connectivity index (χ4n) is 3.88. The molecular formula is C23H28N4O2S. The average Bonchev–Trinajstić information content (AvgIpc) is 2.92. The lowest BCUT2D eigenvalue weighted by Crippen LogP contribution is -2.29. The molecule has 0 aliphatic carbocycles. The maximum absolute atomic E-state index is 13.3. The summed E-state index contributed by atoms with van der Waals surface area (Å²) in [6, 6.07) is 10.4. The van der Waals surface area contributed by atoms with Gasteiger partial charge < -0.3 is 5.32 Å². The number of hydrogen-bond acceptors (Lipinski definition) is 5. The van der Waals surface area contributed by atoms with Crippen LogP contribution in [0.3, 0.4) is 0 Å². The monoisotopic (exact) mass is 424 g/mol. The number of nitrogens with zero attached hydrogens (tertiary/aromatic N) is 3. The van der Waals surface area contributed by atoms with Crippen LogP contribution in [-0.4, -0.2) is 40.0 Å². The van der Waals surface area contributed by atoms with E-state index in [1.54, 1.807) is 0 Å². The number of thiophene rings is 1. The Morgan fingerprint density at radius 2 is 1.97 bits per heavy atom. The van der Waals surface area contributed by atoms with E-state index in [4.69, 9.17) is 4.98 Å². The second-order valence-corrected chi connectivity index (χ2v) is 9.34. The van der Waals surface area contributed by atoms with Gasteiger partial charge >= 0.3 is 0 Å². The van der Waals surface area contributed by atoms with Crippen LogP contribution >= 0.6 is 11.3 Å². The Labute approximate surface area is 180 Å². The van der Waals surface area contributed by atoms with E-state index in [0.29, 0.717) is 34.1 Å². The molecule has 0 saturated carbocycles. The summed E-state index contributed by atoms with van der Waals surface area (Å²) in [7, 11) is 0.